The summed E-state index contributed by atoms with van der Waals surface area (Å²) in [6, 6.07) is 7.59. The Labute approximate surface area is 118 Å². The predicted octanol–water partition coefficient (Wildman–Crippen LogP) is 5.01. The fourth-order valence-corrected chi connectivity index (χ4v) is 3.23. The highest BCUT2D eigenvalue weighted by Gasteiger charge is 2.16. The lowest BCUT2D eigenvalue weighted by atomic mass is 10.0. The summed E-state index contributed by atoms with van der Waals surface area (Å²) in [7, 11) is 0. The summed E-state index contributed by atoms with van der Waals surface area (Å²) >= 11 is 10.6. The van der Waals surface area contributed by atoms with Crippen molar-refractivity contribution in [1.82, 2.24) is 0 Å². The minimum atomic E-state index is 0.0313. The van der Waals surface area contributed by atoms with Crippen LogP contribution in [0.25, 0.3) is 0 Å². The van der Waals surface area contributed by atoms with Crippen LogP contribution in [0, 0.1) is 13.8 Å². The van der Waals surface area contributed by atoms with Crippen LogP contribution in [-0.4, -0.2) is 5.78 Å². The molecule has 88 valence electrons. The van der Waals surface area contributed by atoms with E-state index in [2.05, 4.69) is 15.9 Å². The fourth-order valence-electron chi connectivity index (χ4n) is 1.57. The number of thiophene rings is 1. The molecule has 0 atom stereocenters. The molecule has 0 bridgehead atoms. The van der Waals surface area contributed by atoms with Crippen molar-refractivity contribution in [3.8, 4) is 0 Å². The zero-order valence-electron chi connectivity index (χ0n) is 9.38. The summed E-state index contributed by atoms with van der Waals surface area (Å²) in [5.41, 5.74) is 2.82. The van der Waals surface area contributed by atoms with Gasteiger partial charge in [0.2, 0.25) is 5.78 Å². The monoisotopic (exact) mass is 328 g/mol. The Morgan fingerprint density at radius 3 is 2.59 bits per heavy atom. The second kappa shape index (κ2) is 4.92. The number of aryl methyl sites for hydroxylation is 2. The summed E-state index contributed by atoms with van der Waals surface area (Å²) in [5.74, 6) is 0.0313. The summed E-state index contributed by atoms with van der Waals surface area (Å²) in [6.07, 6.45) is 0. The van der Waals surface area contributed by atoms with Crippen molar-refractivity contribution in [3.63, 3.8) is 0 Å². The average molecular weight is 330 g/mol. The average Bonchev–Trinajstić information content (AvgIpc) is 2.62. The summed E-state index contributed by atoms with van der Waals surface area (Å²) in [4.78, 5) is 13.0. The summed E-state index contributed by atoms with van der Waals surface area (Å²) in [5, 5.41) is 0.587. The molecule has 17 heavy (non-hydrogen) atoms. The maximum Gasteiger partial charge on any atom is 0.203 e. The highest BCUT2D eigenvalue weighted by Crippen LogP contribution is 2.33. The van der Waals surface area contributed by atoms with Gasteiger partial charge < -0.3 is 0 Å². The summed E-state index contributed by atoms with van der Waals surface area (Å²) in [6.45, 7) is 3.92. The second-order valence-corrected chi connectivity index (χ2v) is 6.66. The van der Waals surface area contributed by atoms with E-state index in [1.807, 2.05) is 32.0 Å². The van der Waals surface area contributed by atoms with E-state index in [-0.39, 0.29) is 5.78 Å². The van der Waals surface area contributed by atoms with Crippen LogP contribution < -0.4 is 0 Å². The molecular weight excluding hydrogens is 320 g/mol. The molecule has 2 aromatic rings. The lowest BCUT2D eigenvalue weighted by Crippen LogP contribution is -2.01. The number of carbonyl (C=O) groups is 1. The number of ketones is 1. The van der Waals surface area contributed by atoms with Crippen molar-refractivity contribution in [3.05, 3.63) is 54.6 Å². The van der Waals surface area contributed by atoms with E-state index in [0.717, 1.165) is 20.5 Å². The molecule has 0 amide bonds. The number of carbonyl (C=O) groups excluding carboxylic acids is 1. The van der Waals surface area contributed by atoms with Crippen LogP contribution in [0.15, 0.2) is 28.1 Å². The molecule has 0 aliphatic heterocycles. The van der Waals surface area contributed by atoms with Gasteiger partial charge in [0.1, 0.15) is 0 Å². The van der Waals surface area contributed by atoms with Gasteiger partial charge in [-0.2, -0.15) is 0 Å². The first-order chi connectivity index (χ1) is 7.99. The lowest BCUT2D eigenvalue weighted by molar-refractivity contribution is 0.104. The first-order valence-electron chi connectivity index (χ1n) is 5.06. The highest BCUT2D eigenvalue weighted by molar-refractivity contribution is 9.11. The van der Waals surface area contributed by atoms with E-state index < -0.39 is 0 Å². The third kappa shape index (κ3) is 2.62. The van der Waals surface area contributed by atoms with E-state index in [0.29, 0.717) is 9.90 Å². The first kappa shape index (κ1) is 12.8. The van der Waals surface area contributed by atoms with Crippen molar-refractivity contribution < 1.29 is 4.79 Å². The number of rotatable bonds is 2. The lowest BCUT2D eigenvalue weighted by Gasteiger charge is -2.04. The van der Waals surface area contributed by atoms with Gasteiger partial charge in [-0.15, -0.1) is 11.3 Å². The molecule has 0 aliphatic carbocycles. The molecule has 1 aromatic carbocycles. The molecular formula is C13H10BrClOS. The van der Waals surface area contributed by atoms with Gasteiger partial charge in [-0.3, -0.25) is 4.79 Å². The number of hydrogen-bond donors (Lipinski definition) is 0. The zero-order chi connectivity index (χ0) is 12.6. The molecule has 1 aromatic heterocycles. The Hall–Kier alpha value is -0.640. The molecule has 0 N–H and O–H groups in total. The Bertz CT molecular complexity index is 570. The largest absolute Gasteiger partial charge is 0.288 e. The van der Waals surface area contributed by atoms with Gasteiger partial charge in [0.15, 0.2) is 0 Å². The van der Waals surface area contributed by atoms with Gasteiger partial charge in [-0.1, -0.05) is 29.3 Å². The Morgan fingerprint density at radius 2 is 2.00 bits per heavy atom. The van der Waals surface area contributed by atoms with Crippen molar-refractivity contribution >= 4 is 44.7 Å². The molecule has 1 heterocycles. The molecule has 0 aliphatic rings. The fraction of sp³-hybridized carbons (Fsp3) is 0.154. The zero-order valence-corrected chi connectivity index (χ0v) is 12.5. The quantitative estimate of drug-likeness (QED) is 0.708. The van der Waals surface area contributed by atoms with Crippen LogP contribution >= 0.6 is 38.9 Å². The van der Waals surface area contributed by atoms with Crippen molar-refractivity contribution in [1.29, 1.82) is 0 Å². The highest BCUT2D eigenvalue weighted by atomic mass is 79.9. The minimum Gasteiger partial charge on any atom is -0.288 e. The van der Waals surface area contributed by atoms with Crippen LogP contribution in [0.3, 0.4) is 0 Å². The Kier molecular flexibility index (Phi) is 3.71. The van der Waals surface area contributed by atoms with E-state index in [1.165, 1.54) is 11.3 Å². The SMILES string of the molecule is Cc1ccc(C)c(C(=O)c2cc(Cl)c(Br)s2)c1. The third-order valence-electron chi connectivity index (χ3n) is 2.51. The van der Waals surface area contributed by atoms with Crippen LogP contribution in [0.5, 0.6) is 0 Å². The maximum absolute atomic E-state index is 12.3. The maximum atomic E-state index is 12.3. The van der Waals surface area contributed by atoms with Crippen LogP contribution in [-0.2, 0) is 0 Å². The van der Waals surface area contributed by atoms with Gasteiger partial charge in [-0.05, 0) is 47.5 Å². The molecule has 0 saturated heterocycles. The smallest absolute Gasteiger partial charge is 0.203 e. The van der Waals surface area contributed by atoms with Crippen LogP contribution in [0.1, 0.15) is 26.4 Å². The molecule has 0 fully saturated rings. The van der Waals surface area contributed by atoms with E-state index in [9.17, 15) is 4.79 Å². The standard InChI is InChI=1S/C13H10BrClOS/c1-7-3-4-8(2)9(5-7)12(16)11-6-10(15)13(14)17-11/h3-6H,1-2H3. The van der Waals surface area contributed by atoms with Gasteiger partial charge in [0.05, 0.1) is 13.7 Å². The normalized spacial score (nSPS) is 10.6. The Morgan fingerprint density at radius 1 is 1.29 bits per heavy atom. The van der Waals surface area contributed by atoms with Crippen LogP contribution in [0.2, 0.25) is 5.02 Å². The Balaban J connectivity index is 2.47. The van der Waals surface area contributed by atoms with Gasteiger partial charge >= 0.3 is 0 Å². The van der Waals surface area contributed by atoms with Crippen molar-refractivity contribution in [2.24, 2.45) is 0 Å². The van der Waals surface area contributed by atoms with Crippen molar-refractivity contribution in [2.75, 3.05) is 0 Å². The second-order valence-electron chi connectivity index (χ2n) is 3.88. The van der Waals surface area contributed by atoms with Gasteiger partial charge in [0.25, 0.3) is 0 Å². The van der Waals surface area contributed by atoms with E-state index >= 15 is 0 Å². The van der Waals surface area contributed by atoms with Crippen LogP contribution in [0.4, 0.5) is 0 Å². The molecule has 0 unspecified atom stereocenters. The topological polar surface area (TPSA) is 17.1 Å². The molecule has 2 rings (SSSR count). The molecule has 1 nitrogen and oxygen atoms in total. The number of benzene rings is 1. The number of halogens is 2. The van der Waals surface area contributed by atoms with Gasteiger partial charge in [-0.25, -0.2) is 0 Å². The first-order valence-corrected chi connectivity index (χ1v) is 7.04. The summed E-state index contributed by atoms with van der Waals surface area (Å²) < 4.78 is 0.799. The van der Waals surface area contributed by atoms with Crippen molar-refractivity contribution in [2.45, 2.75) is 13.8 Å². The third-order valence-corrected chi connectivity index (χ3v) is 4.98. The van der Waals surface area contributed by atoms with E-state index in [1.54, 1.807) is 6.07 Å². The predicted molar refractivity (Wildman–Crippen MR) is 76.4 cm³/mol. The number of hydrogen-bond acceptors (Lipinski definition) is 2. The molecule has 0 radical (unpaired) electrons. The molecule has 4 heteroatoms. The van der Waals surface area contributed by atoms with Gasteiger partial charge in [0, 0.05) is 5.56 Å². The molecule has 0 saturated carbocycles. The molecule has 0 spiro atoms. The minimum absolute atomic E-state index is 0.0313. The van der Waals surface area contributed by atoms with E-state index in [4.69, 9.17) is 11.6 Å².